The number of carbonyl (C=O) groups is 1. The Morgan fingerprint density at radius 1 is 1.53 bits per heavy atom. The molecule has 1 saturated carbocycles. The van der Waals surface area contributed by atoms with E-state index < -0.39 is 5.41 Å². The Morgan fingerprint density at radius 2 is 2.18 bits per heavy atom. The predicted molar refractivity (Wildman–Crippen MR) is 62.0 cm³/mol. The molecule has 2 N–H and O–H groups in total. The van der Waals surface area contributed by atoms with Crippen molar-refractivity contribution in [3.05, 3.63) is 35.6 Å². The second-order valence-electron chi connectivity index (χ2n) is 4.62. The number of carbonyl (C=O) groups excluding carboxylic acids is 1. The number of rotatable bonds is 4. The van der Waals surface area contributed by atoms with Crippen LogP contribution in [0.3, 0.4) is 0 Å². The first kappa shape index (κ1) is 12.0. The average molecular weight is 237 g/mol. The van der Waals surface area contributed by atoms with Gasteiger partial charge in [0.05, 0.1) is 12.0 Å². The smallest absolute Gasteiger partial charge is 0.231 e. The first-order valence-corrected chi connectivity index (χ1v) is 5.77. The van der Waals surface area contributed by atoms with Crippen LogP contribution in [0.1, 0.15) is 25.3 Å². The second-order valence-corrected chi connectivity index (χ2v) is 4.62. The molecule has 0 saturated heterocycles. The van der Waals surface area contributed by atoms with Gasteiger partial charge in [-0.25, -0.2) is 4.39 Å². The second kappa shape index (κ2) is 4.45. The van der Waals surface area contributed by atoms with Crippen LogP contribution >= 0.6 is 0 Å². The molecular formula is C13H16FNO2. The van der Waals surface area contributed by atoms with E-state index in [9.17, 15) is 9.18 Å². The average Bonchev–Trinajstić information content (AvgIpc) is 3.10. The van der Waals surface area contributed by atoms with Crippen LogP contribution in [0.15, 0.2) is 24.3 Å². The van der Waals surface area contributed by atoms with Crippen LogP contribution in [0.4, 0.5) is 4.39 Å². The van der Waals surface area contributed by atoms with E-state index >= 15 is 0 Å². The normalized spacial score (nSPS) is 18.5. The Kier molecular flexibility index (Phi) is 3.15. The van der Waals surface area contributed by atoms with Gasteiger partial charge in [-0.05, 0) is 25.8 Å². The Bertz CT molecular complexity index is 429. The molecule has 0 bridgehead atoms. The van der Waals surface area contributed by atoms with Gasteiger partial charge in [-0.3, -0.25) is 4.79 Å². The lowest BCUT2D eigenvalue weighted by Crippen LogP contribution is -2.42. The molecule has 1 amide bonds. The van der Waals surface area contributed by atoms with E-state index in [0.717, 1.165) is 0 Å². The summed E-state index contributed by atoms with van der Waals surface area (Å²) < 4.78 is 13.7. The van der Waals surface area contributed by atoms with E-state index in [1.807, 2.05) is 0 Å². The summed E-state index contributed by atoms with van der Waals surface area (Å²) >= 11 is 0. The lowest BCUT2D eigenvalue weighted by atomic mass is 9.94. The van der Waals surface area contributed by atoms with Gasteiger partial charge in [0.25, 0.3) is 0 Å². The van der Waals surface area contributed by atoms with E-state index in [1.165, 1.54) is 6.07 Å². The van der Waals surface area contributed by atoms with Crippen molar-refractivity contribution in [2.75, 3.05) is 6.61 Å². The quantitative estimate of drug-likeness (QED) is 0.830. The number of nitrogens with one attached hydrogen (secondary N) is 1. The molecule has 0 heterocycles. The zero-order chi connectivity index (χ0) is 12.5. The fourth-order valence-electron chi connectivity index (χ4n) is 2.00. The Hall–Kier alpha value is -1.42. The maximum Gasteiger partial charge on any atom is 0.231 e. The van der Waals surface area contributed by atoms with Crippen LogP contribution < -0.4 is 5.32 Å². The van der Waals surface area contributed by atoms with Crippen LogP contribution in [0.25, 0.3) is 0 Å². The molecule has 1 aliphatic carbocycles. The van der Waals surface area contributed by atoms with Gasteiger partial charge in [-0.2, -0.15) is 0 Å². The predicted octanol–water partition coefficient (Wildman–Crippen LogP) is 1.35. The standard InChI is InChI=1S/C13H16FNO2/c1-9(8-16)15-12(17)13(6-7-13)10-4-2-3-5-11(10)14/h2-5,9,16H,6-8H2,1H3,(H,15,17)/t9-/m0/s1. The summed E-state index contributed by atoms with van der Waals surface area (Å²) in [4.78, 5) is 12.1. The highest BCUT2D eigenvalue weighted by Crippen LogP contribution is 2.49. The summed E-state index contributed by atoms with van der Waals surface area (Å²) in [6.07, 6.45) is 1.33. The van der Waals surface area contributed by atoms with E-state index in [1.54, 1.807) is 25.1 Å². The minimum Gasteiger partial charge on any atom is -0.394 e. The van der Waals surface area contributed by atoms with Crippen molar-refractivity contribution in [1.29, 1.82) is 0 Å². The molecule has 1 aliphatic rings. The zero-order valence-electron chi connectivity index (χ0n) is 9.74. The van der Waals surface area contributed by atoms with Crippen molar-refractivity contribution in [2.24, 2.45) is 0 Å². The highest BCUT2D eigenvalue weighted by Gasteiger charge is 2.52. The molecule has 3 nitrogen and oxygen atoms in total. The van der Waals surface area contributed by atoms with Crippen molar-refractivity contribution >= 4 is 5.91 Å². The van der Waals surface area contributed by atoms with Crippen molar-refractivity contribution in [2.45, 2.75) is 31.2 Å². The number of halogens is 1. The summed E-state index contributed by atoms with van der Waals surface area (Å²) in [6.45, 7) is 1.61. The number of benzene rings is 1. The SMILES string of the molecule is C[C@@H](CO)NC(=O)C1(c2ccccc2F)CC1. The molecule has 0 aliphatic heterocycles. The highest BCUT2D eigenvalue weighted by atomic mass is 19.1. The molecule has 0 radical (unpaired) electrons. The van der Waals surface area contributed by atoms with Crippen LogP contribution in [0.2, 0.25) is 0 Å². The third-order valence-corrected chi connectivity index (χ3v) is 3.23. The van der Waals surface area contributed by atoms with Gasteiger partial charge in [-0.15, -0.1) is 0 Å². The lowest BCUT2D eigenvalue weighted by molar-refractivity contribution is -0.124. The van der Waals surface area contributed by atoms with Gasteiger partial charge in [-0.1, -0.05) is 18.2 Å². The Labute approximate surface area is 99.7 Å². The lowest BCUT2D eigenvalue weighted by Gasteiger charge is -2.19. The number of aliphatic hydroxyl groups excluding tert-OH is 1. The topological polar surface area (TPSA) is 49.3 Å². The largest absolute Gasteiger partial charge is 0.394 e. The highest BCUT2D eigenvalue weighted by molar-refractivity contribution is 5.91. The maximum atomic E-state index is 13.7. The van der Waals surface area contributed by atoms with Crippen molar-refractivity contribution in [1.82, 2.24) is 5.32 Å². The third-order valence-electron chi connectivity index (χ3n) is 3.23. The van der Waals surface area contributed by atoms with Gasteiger partial charge in [0.15, 0.2) is 0 Å². The van der Waals surface area contributed by atoms with E-state index in [-0.39, 0.29) is 24.4 Å². The number of hydrogen-bond donors (Lipinski definition) is 2. The number of hydrogen-bond acceptors (Lipinski definition) is 2. The van der Waals surface area contributed by atoms with E-state index in [2.05, 4.69) is 5.32 Å². The minimum atomic E-state index is -0.714. The Morgan fingerprint density at radius 3 is 2.71 bits per heavy atom. The summed E-state index contributed by atoms with van der Waals surface area (Å²) in [6, 6.07) is 6.08. The van der Waals surface area contributed by atoms with Crippen molar-refractivity contribution in [3.63, 3.8) is 0 Å². The summed E-state index contributed by atoms with van der Waals surface area (Å²) in [5, 5.41) is 11.6. The molecule has 4 heteroatoms. The number of aliphatic hydroxyl groups is 1. The van der Waals surface area contributed by atoms with Crippen LogP contribution in [0, 0.1) is 5.82 Å². The van der Waals surface area contributed by atoms with Crippen LogP contribution in [-0.2, 0) is 10.2 Å². The summed E-state index contributed by atoms with van der Waals surface area (Å²) in [5.74, 6) is -0.527. The number of amides is 1. The first-order valence-electron chi connectivity index (χ1n) is 5.77. The molecule has 1 atom stereocenters. The molecule has 0 spiro atoms. The molecule has 17 heavy (non-hydrogen) atoms. The molecule has 1 aromatic carbocycles. The van der Waals surface area contributed by atoms with Gasteiger partial charge in [0.1, 0.15) is 5.82 Å². The van der Waals surface area contributed by atoms with Gasteiger partial charge < -0.3 is 10.4 Å². The van der Waals surface area contributed by atoms with Gasteiger partial charge in [0, 0.05) is 11.6 Å². The maximum absolute atomic E-state index is 13.7. The molecule has 1 aromatic rings. The molecule has 1 fully saturated rings. The van der Waals surface area contributed by atoms with Crippen molar-refractivity contribution < 1.29 is 14.3 Å². The fourth-order valence-corrected chi connectivity index (χ4v) is 2.00. The van der Waals surface area contributed by atoms with Gasteiger partial charge >= 0.3 is 0 Å². The zero-order valence-corrected chi connectivity index (χ0v) is 9.74. The molecular weight excluding hydrogens is 221 g/mol. The molecule has 2 rings (SSSR count). The summed E-state index contributed by atoms with van der Waals surface area (Å²) in [5.41, 5.74) is -0.253. The fraction of sp³-hybridized carbons (Fsp3) is 0.462. The first-order chi connectivity index (χ1) is 8.10. The molecule has 0 unspecified atom stereocenters. The van der Waals surface area contributed by atoms with E-state index in [0.29, 0.717) is 18.4 Å². The van der Waals surface area contributed by atoms with Crippen LogP contribution in [0.5, 0.6) is 0 Å². The summed E-state index contributed by atoms with van der Waals surface area (Å²) in [7, 11) is 0. The monoisotopic (exact) mass is 237 g/mol. The molecule has 0 aromatic heterocycles. The van der Waals surface area contributed by atoms with Gasteiger partial charge in [0.2, 0.25) is 5.91 Å². The third kappa shape index (κ3) is 2.17. The van der Waals surface area contributed by atoms with E-state index in [4.69, 9.17) is 5.11 Å². The molecule has 92 valence electrons. The van der Waals surface area contributed by atoms with Crippen molar-refractivity contribution in [3.8, 4) is 0 Å². The Balaban J connectivity index is 2.20. The minimum absolute atomic E-state index is 0.112. The van der Waals surface area contributed by atoms with Crippen LogP contribution in [-0.4, -0.2) is 23.7 Å².